The number of carbonyl (C=O) groups is 14. The third-order valence-corrected chi connectivity index (χ3v) is 13.8. The monoisotopic (exact) mass is 1250 g/mol. The highest BCUT2D eigenvalue weighted by Crippen LogP contribution is 2.47. The molecule has 1 aromatic carbocycles. The second-order valence-electron chi connectivity index (χ2n) is 20.7. The maximum atomic E-state index is 14.3. The minimum atomic E-state index is -5.32. The molecule has 0 unspecified atom stereocenters. The van der Waals surface area contributed by atoms with Crippen LogP contribution in [0.25, 0.3) is 0 Å². The Morgan fingerprint density at radius 2 is 1.13 bits per heavy atom. The molecule has 480 valence electrons. The number of nitrogens with two attached hydrogens (primary N) is 2. The highest BCUT2D eigenvalue weighted by molar-refractivity contribution is 7.53. The number of nitrogens with one attached hydrogen (secondary N) is 8. The molecule has 1 aliphatic heterocycles. The number of carboxylic acid groups (broad SMARTS) is 4. The number of likely N-dealkylation sites (tertiary alicyclic amines) is 1. The number of amides is 10. The first kappa shape index (κ1) is 73.9. The predicted molar refractivity (Wildman–Crippen MR) is 293 cm³/mol. The van der Waals surface area contributed by atoms with Gasteiger partial charge >= 0.3 is 32.0 Å². The smallest absolute Gasteiger partial charge is 0.508 e. The van der Waals surface area contributed by atoms with Crippen molar-refractivity contribution in [3.63, 3.8) is 0 Å². The van der Waals surface area contributed by atoms with Crippen LogP contribution >= 0.6 is 8.17 Å². The summed E-state index contributed by atoms with van der Waals surface area (Å²) in [6.07, 6.45) is -7.01. The van der Waals surface area contributed by atoms with Crippen LogP contribution in [0.5, 0.6) is 5.75 Å². The lowest BCUT2D eigenvalue weighted by atomic mass is 9.96. The molecule has 0 aliphatic carbocycles. The number of phenols is 1. The lowest BCUT2D eigenvalue weighted by Gasteiger charge is -2.31. The number of aliphatic hydroxyl groups excluding tert-OH is 1. The standard InChI is InChI=1S/C50H76N11O24P/c1-6-23(4)39(47(77)56-30(17-25-9-11-26(63)12-10-25)44(74)58-33(21-62)50(80)81)59-42(72)28(13-14-36(65)66)53-43(73)29(16-22(2)3)55-48(78)40(24(5)85-86(82,83)84)60-45(75)31(19-37(67)68)54-46(76)34-8-7-15-61(34)49(79)32(20-38(69)70)57-41(71)27(51)18-35(52)64/h9-12,22-24,27-34,39-40,62,82-84H,6-8,13-21,51H2,1-5H3,(H14-,52,53,54,55,56,57,58,59,60,63,64,65,66,67,68,69,70,71,72,73,74,75,76,77,78,80,81)/p+1/t23-,24+,27-,28-,29-,30-,31-,32-,33-,34-,39-,40-/m0/s1. The molecule has 0 saturated carbocycles. The van der Waals surface area contributed by atoms with E-state index >= 15 is 0 Å². The van der Waals surface area contributed by atoms with E-state index in [1.807, 2.05) is 0 Å². The zero-order valence-corrected chi connectivity index (χ0v) is 48.4. The molecule has 1 saturated heterocycles. The van der Waals surface area contributed by atoms with Gasteiger partial charge < -0.3 is 89.5 Å². The van der Waals surface area contributed by atoms with Gasteiger partial charge in [-0.15, -0.1) is 4.52 Å². The van der Waals surface area contributed by atoms with Crippen molar-refractivity contribution in [1.82, 2.24) is 47.4 Å². The highest BCUT2D eigenvalue weighted by atomic mass is 31.2. The minimum Gasteiger partial charge on any atom is -0.508 e. The lowest BCUT2D eigenvalue weighted by Crippen LogP contribution is -2.62. The third-order valence-electron chi connectivity index (χ3n) is 13.2. The molecule has 1 aliphatic rings. The molecule has 36 heteroatoms. The summed E-state index contributed by atoms with van der Waals surface area (Å²) in [4.78, 5) is 214. The van der Waals surface area contributed by atoms with Gasteiger partial charge in [0.05, 0.1) is 31.9 Å². The van der Waals surface area contributed by atoms with Crippen LogP contribution in [0, 0.1) is 11.8 Å². The molecule has 86 heavy (non-hydrogen) atoms. The highest BCUT2D eigenvalue weighted by Gasteiger charge is 2.45. The molecule has 21 N–H and O–H groups in total. The fourth-order valence-corrected chi connectivity index (χ4v) is 9.15. The van der Waals surface area contributed by atoms with E-state index in [1.54, 1.807) is 20.8 Å². The zero-order chi connectivity index (χ0) is 65.5. The topological polar surface area (TPSA) is 582 Å². The van der Waals surface area contributed by atoms with E-state index in [0.717, 1.165) is 11.8 Å². The number of carboxylic acids is 4. The SMILES string of the molecule is CC[C@H](C)[C@H](NC(=O)[C@H](CCC(=O)O)NC(=O)[C@H](CC(C)C)NC(=O)[C@@H](NC(=O)[C@H](CC(=O)O)NC(=O)[C@@H]1CCCN1C(=O)[C@H](CC(=O)O)NC(=O)[C@@H](N)CC(N)=O)[C@@H](C)O[P+](O)(O)O)C(=O)N[C@@H](Cc1ccc(O)cc1)C(=O)N[C@@H](CO)C(=O)O. The molecule has 2 rings (SSSR count). The molecular formula is C50H77N11O24P+. The molecule has 1 aromatic rings. The van der Waals surface area contributed by atoms with Crippen LogP contribution in [-0.4, -0.2) is 213 Å². The van der Waals surface area contributed by atoms with E-state index in [4.69, 9.17) is 16.0 Å². The Morgan fingerprint density at radius 3 is 1.65 bits per heavy atom. The average molecular weight is 1250 g/mol. The van der Waals surface area contributed by atoms with Gasteiger partial charge in [0.2, 0.25) is 59.1 Å². The van der Waals surface area contributed by atoms with E-state index in [-0.39, 0.29) is 44.4 Å². The third kappa shape index (κ3) is 25.2. The second-order valence-corrected chi connectivity index (χ2v) is 21.9. The summed E-state index contributed by atoms with van der Waals surface area (Å²) in [5.41, 5.74) is 11.1. The van der Waals surface area contributed by atoms with Gasteiger partial charge in [0.15, 0.2) is 0 Å². The van der Waals surface area contributed by atoms with Gasteiger partial charge in [-0.3, -0.25) is 62.3 Å². The molecular weight excluding hydrogens is 1170 g/mol. The number of hydrogen-bond donors (Lipinski definition) is 19. The fourth-order valence-electron chi connectivity index (χ4n) is 8.58. The molecule has 0 radical (unpaired) electrons. The first-order valence-electron chi connectivity index (χ1n) is 26.8. The normalized spacial score (nSPS) is 17.0. The van der Waals surface area contributed by atoms with Crippen molar-refractivity contribution in [3.8, 4) is 5.75 Å². The lowest BCUT2D eigenvalue weighted by molar-refractivity contribution is -0.146. The summed E-state index contributed by atoms with van der Waals surface area (Å²) in [7, 11) is -5.32. The van der Waals surface area contributed by atoms with Gasteiger partial charge in [-0.2, -0.15) is 14.7 Å². The summed E-state index contributed by atoms with van der Waals surface area (Å²) in [5, 5.41) is 75.7. The van der Waals surface area contributed by atoms with Crippen LogP contribution in [0.3, 0.4) is 0 Å². The summed E-state index contributed by atoms with van der Waals surface area (Å²) < 4.78 is 4.80. The molecule has 10 amide bonds. The largest absolute Gasteiger partial charge is 0.567 e. The summed E-state index contributed by atoms with van der Waals surface area (Å²) in [6.45, 7) is 5.87. The Kier molecular flexibility index (Phi) is 29.8. The van der Waals surface area contributed by atoms with Crippen LogP contribution in [-0.2, 0) is 78.1 Å². The quantitative estimate of drug-likeness (QED) is 0.0276. The van der Waals surface area contributed by atoms with Gasteiger partial charge in [-0.1, -0.05) is 46.2 Å². The second kappa shape index (κ2) is 34.7. The fraction of sp³-hybridized carbons (Fsp3) is 0.600. The van der Waals surface area contributed by atoms with Crippen molar-refractivity contribution in [2.45, 2.75) is 165 Å². The molecule has 1 heterocycles. The van der Waals surface area contributed by atoms with Gasteiger partial charge in [0.1, 0.15) is 66.2 Å². The maximum absolute atomic E-state index is 14.3. The van der Waals surface area contributed by atoms with Crippen molar-refractivity contribution in [2.24, 2.45) is 23.3 Å². The minimum absolute atomic E-state index is 0.0731. The van der Waals surface area contributed by atoms with E-state index in [1.165, 1.54) is 31.2 Å². The van der Waals surface area contributed by atoms with Gasteiger partial charge in [0.25, 0.3) is 0 Å². The van der Waals surface area contributed by atoms with Gasteiger partial charge in [-0.25, -0.2) is 4.79 Å². The number of phenolic OH excluding ortho intramolecular Hbond substituents is 1. The number of aliphatic carboxylic acids is 4. The molecule has 0 aromatic heterocycles. The van der Waals surface area contributed by atoms with Crippen molar-refractivity contribution >= 4 is 91.1 Å². The molecule has 0 spiro atoms. The number of primary amides is 1. The van der Waals surface area contributed by atoms with E-state index < -0.39 is 208 Å². The van der Waals surface area contributed by atoms with Crippen LogP contribution in [0.1, 0.15) is 98.0 Å². The van der Waals surface area contributed by atoms with E-state index in [2.05, 4.69) is 42.5 Å². The number of aromatic hydroxyl groups is 1. The molecule has 0 bridgehead atoms. The molecule has 12 atom stereocenters. The van der Waals surface area contributed by atoms with Crippen molar-refractivity contribution in [3.05, 3.63) is 29.8 Å². The van der Waals surface area contributed by atoms with Crippen LogP contribution in [0.2, 0.25) is 0 Å². The van der Waals surface area contributed by atoms with E-state index in [9.17, 15) is 112 Å². The first-order valence-corrected chi connectivity index (χ1v) is 28.3. The Labute approximate surface area is 491 Å². The number of aliphatic hydroxyl groups is 1. The van der Waals surface area contributed by atoms with Gasteiger partial charge in [0, 0.05) is 19.4 Å². The maximum Gasteiger partial charge on any atom is 0.567 e. The van der Waals surface area contributed by atoms with Gasteiger partial charge in [-0.05, 0) is 62.1 Å². The van der Waals surface area contributed by atoms with E-state index in [0.29, 0.717) is 5.56 Å². The summed E-state index contributed by atoms with van der Waals surface area (Å²) >= 11 is 0. The van der Waals surface area contributed by atoms with Crippen LogP contribution in [0.15, 0.2) is 24.3 Å². The number of hydrogen-bond acceptors (Lipinski definition) is 21. The Hall–Kier alpha value is -8.21. The number of benzene rings is 1. The van der Waals surface area contributed by atoms with Crippen molar-refractivity contribution < 1.29 is 117 Å². The van der Waals surface area contributed by atoms with Crippen molar-refractivity contribution in [2.75, 3.05) is 13.2 Å². The Morgan fingerprint density at radius 1 is 0.628 bits per heavy atom. The van der Waals surface area contributed by atoms with Crippen LogP contribution < -0.4 is 54.0 Å². The number of carbonyl (C=O) groups excluding carboxylic acids is 10. The zero-order valence-electron chi connectivity index (χ0n) is 47.5. The first-order chi connectivity index (χ1) is 40.0. The predicted octanol–water partition coefficient (Wildman–Crippen LogP) is -5.95. The van der Waals surface area contributed by atoms with Crippen molar-refractivity contribution in [1.29, 1.82) is 0 Å². The van der Waals surface area contributed by atoms with Crippen LogP contribution in [0.4, 0.5) is 0 Å². The molecule has 35 nitrogen and oxygen atoms in total. The number of nitrogens with zero attached hydrogens (tertiary/aromatic N) is 1. The average Bonchev–Trinajstić information content (AvgIpc) is 2.68. The molecule has 1 fully saturated rings. The number of rotatable bonds is 37. The Bertz CT molecular complexity index is 2620. The summed E-state index contributed by atoms with van der Waals surface area (Å²) in [6, 6.07) is -12.7. The Balaban J connectivity index is 2.53. The summed E-state index contributed by atoms with van der Waals surface area (Å²) in [5.74, 6) is -19.8.